The number of para-hydroxylation sites is 1. The van der Waals surface area contributed by atoms with Crippen LogP contribution in [-0.2, 0) is 11.8 Å². The molecule has 0 fully saturated rings. The highest BCUT2D eigenvalue weighted by atomic mass is 16.5. The van der Waals surface area contributed by atoms with Crippen molar-refractivity contribution in [1.82, 2.24) is 19.3 Å². The third kappa shape index (κ3) is 6.46. The Balaban J connectivity index is 1.36. The Bertz CT molecular complexity index is 2360. The fraction of sp³-hybridized carbons (Fsp3) is 0.304. The van der Waals surface area contributed by atoms with Crippen molar-refractivity contribution in [3.8, 4) is 34.1 Å². The number of fused-ring (bicyclic) bond motifs is 3. The largest absolute Gasteiger partial charge is 0.457 e. The van der Waals surface area contributed by atoms with Crippen molar-refractivity contribution in [3.05, 3.63) is 131 Å². The molecule has 0 N–H and O–H groups in total. The molecule has 3 heterocycles. The van der Waals surface area contributed by atoms with Gasteiger partial charge in [-0.25, -0.2) is 9.67 Å². The molecule has 0 amide bonds. The first-order valence-corrected chi connectivity index (χ1v) is 18.4. The highest BCUT2D eigenvalue weighted by molar-refractivity contribution is 6.09. The average Bonchev–Trinajstić information content (AvgIpc) is 3.62. The van der Waals surface area contributed by atoms with E-state index in [1.807, 2.05) is 6.20 Å². The summed E-state index contributed by atoms with van der Waals surface area (Å²) in [5.74, 6) is 2.81. The molecule has 0 radical (unpaired) electrons. The molecular weight excluding hydrogens is 625 g/mol. The van der Waals surface area contributed by atoms with Gasteiger partial charge in [0.2, 0.25) is 0 Å². The van der Waals surface area contributed by atoms with Gasteiger partial charge in [-0.15, -0.1) is 0 Å². The third-order valence-corrected chi connectivity index (χ3v) is 10.1. The summed E-state index contributed by atoms with van der Waals surface area (Å²) < 4.78 is 11.3. The summed E-state index contributed by atoms with van der Waals surface area (Å²) in [7, 11) is 0. The molecule has 0 aliphatic rings. The zero-order valence-corrected chi connectivity index (χ0v) is 31.6. The number of aromatic nitrogens is 4. The first kappa shape index (κ1) is 34.3. The zero-order chi connectivity index (χ0) is 36.0. The molecule has 0 aliphatic heterocycles. The first-order valence-electron chi connectivity index (χ1n) is 18.4. The molecule has 7 rings (SSSR count). The van der Waals surface area contributed by atoms with Crippen LogP contribution in [0.3, 0.4) is 0 Å². The molecule has 7 aromatic rings. The van der Waals surface area contributed by atoms with E-state index >= 15 is 0 Å². The number of hydrogen-bond donors (Lipinski definition) is 0. The van der Waals surface area contributed by atoms with Gasteiger partial charge in [-0.05, 0) is 110 Å². The van der Waals surface area contributed by atoms with Gasteiger partial charge in [-0.1, -0.05) is 84.4 Å². The topological polar surface area (TPSA) is 44.9 Å². The quantitative estimate of drug-likeness (QED) is 0.153. The van der Waals surface area contributed by atoms with E-state index in [9.17, 15) is 0 Å². The summed E-state index contributed by atoms with van der Waals surface area (Å²) in [6.07, 6.45) is 5.31. The Morgan fingerprint density at radius 2 is 1.49 bits per heavy atom. The Morgan fingerprint density at radius 1 is 0.745 bits per heavy atom. The summed E-state index contributed by atoms with van der Waals surface area (Å²) in [5, 5.41) is 7.62. The van der Waals surface area contributed by atoms with Crippen molar-refractivity contribution in [2.75, 3.05) is 0 Å². The minimum atomic E-state index is -0.166. The molecule has 4 aromatic carbocycles. The van der Waals surface area contributed by atoms with Crippen LogP contribution in [0.25, 0.3) is 44.4 Å². The molecule has 3 aromatic heterocycles. The molecule has 0 unspecified atom stereocenters. The highest BCUT2D eigenvalue weighted by Gasteiger charge is 2.29. The van der Waals surface area contributed by atoms with Crippen molar-refractivity contribution >= 4 is 21.8 Å². The minimum Gasteiger partial charge on any atom is -0.457 e. The van der Waals surface area contributed by atoms with Gasteiger partial charge in [-0.2, -0.15) is 5.10 Å². The Kier molecular flexibility index (Phi) is 9.09. The molecule has 0 saturated carbocycles. The lowest BCUT2D eigenvalue weighted by molar-refractivity contribution is 0.480. The van der Waals surface area contributed by atoms with E-state index in [1.54, 1.807) is 0 Å². The molecule has 0 saturated heterocycles. The second-order valence-corrected chi connectivity index (χ2v) is 15.4. The van der Waals surface area contributed by atoms with Gasteiger partial charge in [0.05, 0.1) is 28.1 Å². The number of ether oxygens (including phenoxy) is 1. The lowest BCUT2D eigenvalue weighted by Gasteiger charge is -2.24. The molecule has 260 valence electrons. The summed E-state index contributed by atoms with van der Waals surface area (Å²) in [6, 6.07) is 32.5. The van der Waals surface area contributed by atoms with E-state index in [-0.39, 0.29) is 5.41 Å². The van der Waals surface area contributed by atoms with Gasteiger partial charge in [0, 0.05) is 40.1 Å². The summed E-state index contributed by atoms with van der Waals surface area (Å²) >= 11 is 0. The molecule has 0 bridgehead atoms. The molecule has 0 spiro atoms. The van der Waals surface area contributed by atoms with E-state index < -0.39 is 0 Å². The van der Waals surface area contributed by atoms with Crippen LogP contribution in [-0.4, -0.2) is 19.3 Å². The van der Waals surface area contributed by atoms with Gasteiger partial charge < -0.3 is 4.74 Å². The lowest BCUT2D eigenvalue weighted by Crippen LogP contribution is -2.19. The third-order valence-electron chi connectivity index (χ3n) is 10.1. The molecular formula is C46H50N4O. The van der Waals surface area contributed by atoms with E-state index in [1.165, 1.54) is 56.3 Å². The van der Waals surface area contributed by atoms with Crippen LogP contribution in [0.15, 0.2) is 97.2 Å². The van der Waals surface area contributed by atoms with Crippen LogP contribution in [0, 0.1) is 20.8 Å². The molecule has 51 heavy (non-hydrogen) atoms. The van der Waals surface area contributed by atoms with Crippen LogP contribution >= 0.6 is 0 Å². The average molecular weight is 675 g/mol. The molecule has 0 aliphatic carbocycles. The number of pyridine rings is 1. The van der Waals surface area contributed by atoms with E-state index in [0.717, 1.165) is 52.6 Å². The second kappa shape index (κ2) is 13.5. The number of unbranched alkanes of at least 4 members (excludes halogenated alkanes) is 1. The van der Waals surface area contributed by atoms with Crippen molar-refractivity contribution < 1.29 is 4.74 Å². The maximum Gasteiger partial charge on any atom is 0.137 e. The zero-order valence-electron chi connectivity index (χ0n) is 31.6. The van der Waals surface area contributed by atoms with Crippen LogP contribution in [0.4, 0.5) is 0 Å². The number of rotatable bonds is 9. The number of hydrogen-bond acceptors (Lipinski definition) is 3. The second-order valence-electron chi connectivity index (χ2n) is 15.4. The Labute approximate surface area is 302 Å². The van der Waals surface area contributed by atoms with Crippen molar-refractivity contribution in [1.29, 1.82) is 0 Å². The van der Waals surface area contributed by atoms with E-state index in [2.05, 4.69) is 163 Å². The fourth-order valence-corrected chi connectivity index (χ4v) is 7.55. The SMILES string of the molecule is CCCCc1ccnc(-n2c3ccccc3c3ccc(Oc4cc(C(C)C)cc(-n5nc(C)c(-c6c(C)cccc6C)c5C(C)(C)C)c4)cc32)c1. The highest BCUT2D eigenvalue weighted by Crippen LogP contribution is 2.41. The number of aryl methyl sites for hydroxylation is 4. The summed E-state index contributed by atoms with van der Waals surface area (Å²) in [6.45, 7) is 20.1. The Hall–Kier alpha value is -5.16. The monoisotopic (exact) mass is 674 g/mol. The van der Waals surface area contributed by atoms with Crippen LogP contribution < -0.4 is 4.74 Å². The smallest absolute Gasteiger partial charge is 0.137 e. The normalized spacial score (nSPS) is 12.0. The van der Waals surface area contributed by atoms with Crippen LogP contribution in [0.2, 0.25) is 0 Å². The van der Waals surface area contributed by atoms with Crippen molar-refractivity contribution in [2.24, 2.45) is 0 Å². The van der Waals surface area contributed by atoms with E-state index in [0.29, 0.717) is 5.92 Å². The predicted octanol–water partition coefficient (Wildman–Crippen LogP) is 12.5. The Morgan fingerprint density at radius 3 is 2.22 bits per heavy atom. The summed E-state index contributed by atoms with van der Waals surface area (Å²) in [5.41, 5.74) is 12.8. The molecule has 5 nitrogen and oxygen atoms in total. The maximum absolute atomic E-state index is 6.81. The van der Waals surface area contributed by atoms with Gasteiger partial charge in [-0.3, -0.25) is 4.57 Å². The number of benzene rings is 4. The minimum absolute atomic E-state index is 0.166. The van der Waals surface area contributed by atoms with E-state index in [4.69, 9.17) is 14.8 Å². The van der Waals surface area contributed by atoms with Gasteiger partial charge >= 0.3 is 0 Å². The van der Waals surface area contributed by atoms with Gasteiger partial charge in [0.25, 0.3) is 0 Å². The standard InChI is InChI=1S/C46H50N4O/c1-10-11-17-33-22-23-47-42(24-33)49-40-19-13-12-18-38(40)39-21-20-36(28-41(39)49)51-37-26-34(29(2)3)25-35(27-37)50-45(46(7,8)9)44(32(6)48-50)43-30(4)15-14-16-31(43)5/h12-16,18-29H,10-11,17H2,1-9H3. The predicted molar refractivity (Wildman–Crippen MR) is 213 cm³/mol. The van der Waals surface area contributed by atoms with Crippen LogP contribution in [0.5, 0.6) is 11.5 Å². The van der Waals surface area contributed by atoms with Crippen LogP contribution in [0.1, 0.15) is 93.9 Å². The molecule has 0 atom stereocenters. The van der Waals surface area contributed by atoms with Crippen molar-refractivity contribution in [3.63, 3.8) is 0 Å². The maximum atomic E-state index is 6.81. The first-order chi connectivity index (χ1) is 24.4. The lowest BCUT2D eigenvalue weighted by atomic mass is 9.83. The van der Waals surface area contributed by atoms with Crippen molar-refractivity contribution in [2.45, 2.75) is 92.9 Å². The molecule has 5 heteroatoms. The van der Waals surface area contributed by atoms with Gasteiger partial charge in [0.15, 0.2) is 0 Å². The fourth-order valence-electron chi connectivity index (χ4n) is 7.55. The van der Waals surface area contributed by atoms with Gasteiger partial charge in [0.1, 0.15) is 17.3 Å². The summed E-state index contributed by atoms with van der Waals surface area (Å²) in [4.78, 5) is 4.86. The number of nitrogens with zero attached hydrogens (tertiary/aromatic N) is 4.